The van der Waals surface area contributed by atoms with E-state index in [4.69, 9.17) is 4.74 Å². The molecule has 3 aromatic rings. The van der Waals surface area contributed by atoms with Crippen molar-refractivity contribution in [1.29, 1.82) is 0 Å². The van der Waals surface area contributed by atoms with Gasteiger partial charge in [0.2, 0.25) is 15.9 Å². The van der Waals surface area contributed by atoms with E-state index in [0.717, 1.165) is 23.6 Å². The fraction of sp³-hybridized carbons (Fsp3) is 0.280. The van der Waals surface area contributed by atoms with E-state index in [1.807, 2.05) is 36.4 Å². The number of amides is 2. The summed E-state index contributed by atoms with van der Waals surface area (Å²) in [6.07, 6.45) is 1.60. The monoisotopic (exact) mass is 481 g/mol. The molecule has 8 nitrogen and oxygen atoms in total. The largest absolute Gasteiger partial charge is 0.495 e. The molecule has 1 N–H and O–H groups in total. The molecule has 0 saturated carbocycles. The number of sulfonamides is 1. The number of nitrogens with one attached hydrogen (secondary N) is 1. The number of anilines is 1. The zero-order valence-corrected chi connectivity index (χ0v) is 20.0. The Morgan fingerprint density at radius 3 is 2.47 bits per heavy atom. The lowest BCUT2D eigenvalue weighted by Crippen LogP contribution is -2.35. The first kappa shape index (κ1) is 23.7. The molecule has 178 valence electrons. The molecule has 3 aromatic carbocycles. The number of benzene rings is 3. The van der Waals surface area contributed by atoms with Crippen LogP contribution in [0.4, 0.5) is 5.69 Å². The summed E-state index contributed by atoms with van der Waals surface area (Å²) >= 11 is 0. The fourth-order valence-electron chi connectivity index (χ4n) is 4.11. The lowest BCUT2D eigenvalue weighted by atomic mass is 10.1. The Hall–Kier alpha value is -3.43. The minimum absolute atomic E-state index is 0.0450. The number of hydrogen-bond donors (Lipinski definition) is 1. The van der Waals surface area contributed by atoms with E-state index >= 15 is 0 Å². The number of rotatable bonds is 7. The van der Waals surface area contributed by atoms with Crippen LogP contribution < -0.4 is 10.1 Å². The first-order chi connectivity index (χ1) is 16.3. The molecule has 4 rings (SSSR count). The Labute approximate surface area is 199 Å². The minimum Gasteiger partial charge on any atom is -0.495 e. The number of carbonyl (C=O) groups is 2. The number of methoxy groups -OCH3 is 1. The van der Waals surface area contributed by atoms with E-state index in [1.54, 1.807) is 6.07 Å². The van der Waals surface area contributed by atoms with E-state index in [2.05, 4.69) is 5.32 Å². The molecule has 0 radical (unpaired) electrons. The number of nitrogens with zero attached hydrogens (tertiary/aromatic N) is 2. The summed E-state index contributed by atoms with van der Waals surface area (Å²) in [4.78, 5) is 26.9. The van der Waals surface area contributed by atoms with Crippen LogP contribution in [0.5, 0.6) is 5.75 Å². The van der Waals surface area contributed by atoms with Gasteiger partial charge in [-0.05, 0) is 42.5 Å². The molecule has 0 aliphatic carbocycles. The van der Waals surface area contributed by atoms with E-state index in [1.165, 1.54) is 41.6 Å². The molecule has 0 atom stereocenters. The summed E-state index contributed by atoms with van der Waals surface area (Å²) in [6.45, 7) is 0.693. The lowest BCUT2D eigenvalue weighted by Gasteiger charge is -2.20. The van der Waals surface area contributed by atoms with Gasteiger partial charge in [0, 0.05) is 36.8 Å². The third kappa shape index (κ3) is 4.76. The van der Waals surface area contributed by atoms with Crippen molar-refractivity contribution in [2.75, 3.05) is 39.1 Å². The van der Waals surface area contributed by atoms with Crippen LogP contribution in [-0.4, -0.2) is 63.2 Å². The Kier molecular flexibility index (Phi) is 6.85. The average molecular weight is 482 g/mol. The van der Waals surface area contributed by atoms with Gasteiger partial charge in [-0.3, -0.25) is 9.59 Å². The molecular weight excluding hydrogens is 454 g/mol. The molecule has 0 spiro atoms. The molecule has 34 heavy (non-hydrogen) atoms. The second-order valence-corrected chi connectivity index (χ2v) is 10.1. The van der Waals surface area contributed by atoms with Crippen LogP contribution in [0.2, 0.25) is 0 Å². The van der Waals surface area contributed by atoms with E-state index in [-0.39, 0.29) is 28.7 Å². The van der Waals surface area contributed by atoms with E-state index < -0.39 is 15.9 Å². The standard InChI is InChI=1S/C25H27N3O5S/c1-27(17-24(29)26-21-11-7-9-18-8-3-4-10-20(18)21)25(30)19-12-13-22(33-2)23(16-19)34(31,32)28-14-5-6-15-28/h3-4,7-13,16H,5-6,14-15,17H2,1-2H3,(H,26,29). The average Bonchev–Trinajstić information content (AvgIpc) is 3.39. The molecule has 1 aliphatic heterocycles. The molecule has 1 fully saturated rings. The first-order valence-corrected chi connectivity index (χ1v) is 12.5. The lowest BCUT2D eigenvalue weighted by molar-refractivity contribution is -0.116. The van der Waals surface area contributed by atoms with Gasteiger partial charge in [-0.15, -0.1) is 0 Å². The van der Waals surface area contributed by atoms with Gasteiger partial charge in [0.25, 0.3) is 5.91 Å². The minimum atomic E-state index is -3.79. The number of carbonyl (C=O) groups excluding carboxylic acids is 2. The zero-order chi connectivity index (χ0) is 24.3. The van der Waals surface area contributed by atoms with Crippen molar-refractivity contribution in [2.45, 2.75) is 17.7 Å². The summed E-state index contributed by atoms with van der Waals surface area (Å²) in [7, 11) is -0.893. The molecule has 0 aromatic heterocycles. The molecule has 1 heterocycles. The number of fused-ring (bicyclic) bond motifs is 1. The molecule has 1 aliphatic rings. The summed E-state index contributed by atoms with van der Waals surface area (Å²) in [5.41, 5.74) is 0.825. The van der Waals surface area contributed by atoms with Crippen LogP contribution in [0.3, 0.4) is 0 Å². The normalized spacial score (nSPS) is 14.2. The van der Waals surface area contributed by atoms with Crippen molar-refractivity contribution in [1.82, 2.24) is 9.21 Å². The zero-order valence-electron chi connectivity index (χ0n) is 19.2. The van der Waals surface area contributed by atoms with Gasteiger partial charge in [0.1, 0.15) is 10.6 Å². The molecule has 1 saturated heterocycles. The summed E-state index contributed by atoms with van der Waals surface area (Å²) in [5, 5.41) is 4.75. The fourth-order valence-corrected chi connectivity index (χ4v) is 5.81. The van der Waals surface area contributed by atoms with Gasteiger partial charge in [-0.25, -0.2) is 8.42 Å². The maximum atomic E-state index is 13.1. The van der Waals surface area contributed by atoms with Crippen molar-refractivity contribution < 1.29 is 22.7 Å². The number of hydrogen-bond acceptors (Lipinski definition) is 5. The predicted octanol–water partition coefficient (Wildman–Crippen LogP) is 3.34. The third-order valence-corrected chi connectivity index (χ3v) is 7.80. The Balaban J connectivity index is 1.51. The quantitative estimate of drug-likeness (QED) is 0.558. The molecule has 0 unspecified atom stereocenters. The smallest absolute Gasteiger partial charge is 0.254 e. The number of likely N-dealkylation sites (N-methyl/N-ethyl adjacent to an activating group) is 1. The highest BCUT2D eigenvalue weighted by Gasteiger charge is 2.31. The van der Waals surface area contributed by atoms with Crippen molar-refractivity contribution in [3.05, 3.63) is 66.2 Å². The highest BCUT2D eigenvalue weighted by molar-refractivity contribution is 7.89. The first-order valence-electron chi connectivity index (χ1n) is 11.0. The topological polar surface area (TPSA) is 96.0 Å². The van der Waals surface area contributed by atoms with Gasteiger partial charge >= 0.3 is 0 Å². The Morgan fingerprint density at radius 1 is 1.03 bits per heavy atom. The Morgan fingerprint density at radius 2 is 1.74 bits per heavy atom. The van der Waals surface area contributed by atoms with Crippen molar-refractivity contribution in [3.8, 4) is 5.75 Å². The Bertz CT molecular complexity index is 1330. The van der Waals surface area contributed by atoms with Crippen molar-refractivity contribution in [2.24, 2.45) is 0 Å². The van der Waals surface area contributed by atoms with Crippen LogP contribution >= 0.6 is 0 Å². The summed E-state index contributed by atoms with van der Waals surface area (Å²) < 4.78 is 32.9. The van der Waals surface area contributed by atoms with Gasteiger partial charge in [0.05, 0.1) is 13.7 Å². The summed E-state index contributed by atoms with van der Waals surface area (Å²) in [6, 6.07) is 17.6. The van der Waals surface area contributed by atoms with Crippen molar-refractivity contribution in [3.63, 3.8) is 0 Å². The van der Waals surface area contributed by atoms with Crippen molar-refractivity contribution >= 4 is 38.3 Å². The number of ether oxygens (including phenoxy) is 1. The van der Waals surface area contributed by atoms with Crippen LogP contribution in [0, 0.1) is 0 Å². The SMILES string of the molecule is COc1ccc(C(=O)N(C)CC(=O)Nc2cccc3ccccc23)cc1S(=O)(=O)N1CCCC1. The highest BCUT2D eigenvalue weighted by atomic mass is 32.2. The van der Waals surface area contributed by atoms with E-state index in [0.29, 0.717) is 18.8 Å². The van der Waals surface area contributed by atoms with Gasteiger partial charge < -0.3 is 15.0 Å². The van der Waals surface area contributed by atoms with Crippen LogP contribution in [0.1, 0.15) is 23.2 Å². The maximum absolute atomic E-state index is 13.1. The van der Waals surface area contributed by atoms with Gasteiger partial charge in [0.15, 0.2) is 0 Å². The highest BCUT2D eigenvalue weighted by Crippen LogP contribution is 2.30. The molecule has 2 amide bonds. The molecule has 0 bridgehead atoms. The van der Waals surface area contributed by atoms with Crippen LogP contribution in [0.15, 0.2) is 65.6 Å². The third-order valence-electron chi connectivity index (χ3n) is 5.88. The maximum Gasteiger partial charge on any atom is 0.254 e. The second-order valence-electron chi connectivity index (χ2n) is 8.21. The molecule has 9 heteroatoms. The molecular formula is C25H27N3O5S. The van der Waals surface area contributed by atoms with Crippen LogP contribution in [0.25, 0.3) is 10.8 Å². The predicted molar refractivity (Wildman–Crippen MR) is 131 cm³/mol. The van der Waals surface area contributed by atoms with Gasteiger partial charge in [-0.1, -0.05) is 36.4 Å². The second kappa shape index (κ2) is 9.82. The van der Waals surface area contributed by atoms with Crippen LogP contribution in [-0.2, 0) is 14.8 Å². The van der Waals surface area contributed by atoms with E-state index in [9.17, 15) is 18.0 Å². The summed E-state index contributed by atoms with van der Waals surface area (Å²) in [5.74, 6) is -0.640. The van der Waals surface area contributed by atoms with Gasteiger partial charge in [-0.2, -0.15) is 4.31 Å².